The normalized spacial score (nSPS) is 12.6. The van der Waals surface area contributed by atoms with Crippen LogP contribution >= 0.6 is 0 Å². The van der Waals surface area contributed by atoms with E-state index in [9.17, 15) is 8.42 Å². The molecular weight excluding hydrogens is 266 g/mol. The van der Waals surface area contributed by atoms with Crippen molar-refractivity contribution in [3.05, 3.63) is 24.0 Å². The summed E-state index contributed by atoms with van der Waals surface area (Å²) in [6.07, 6.45) is 1.30. The van der Waals surface area contributed by atoms with E-state index < -0.39 is 15.6 Å². The molecule has 0 atom stereocenters. The summed E-state index contributed by atoms with van der Waals surface area (Å²) in [6, 6.07) is 3.09. The first-order chi connectivity index (χ1) is 8.80. The molecule has 6 nitrogen and oxygen atoms in total. The second-order valence-corrected chi connectivity index (χ2v) is 6.47. The topological polar surface area (TPSA) is 94.3 Å². The van der Waals surface area contributed by atoms with E-state index >= 15 is 0 Å². The lowest BCUT2D eigenvalue weighted by atomic mass is 10.1. The van der Waals surface area contributed by atoms with Gasteiger partial charge in [-0.05, 0) is 32.9 Å². The molecule has 0 saturated carbocycles. The van der Waals surface area contributed by atoms with Crippen molar-refractivity contribution >= 4 is 10.0 Å². The van der Waals surface area contributed by atoms with Crippen LogP contribution in [0.2, 0.25) is 0 Å². The van der Waals surface area contributed by atoms with Crippen molar-refractivity contribution in [1.29, 1.82) is 0 Å². The highest BCUT2D eigenvalue weighted by atomic mass is 32.2. The number of hydrogen-bond donors (Lipinski definition) is 2. The fraction of sp³-hybridized carbons (Fsp3) is 0.583. The van der Waals surface area contributed by atoms with Gasteiger partial charge in [0.05, 0.1) is 11.3 Å². The molecule has 0 saturated heterocycles. The van der Waals surface area contributed by atoms with Gasteiger partial charge >= 0.3 is 0 Å². The molecule has 108 valence electrons. The predicted molar refractivity (Wildman–Crippen MR) is 73.0 cm³/mol. The maximum Gasteiger partial charge on any atom is 0.242 e. The number of sulfonamides is 1. The van der Waals surface area contributed by atoms with Crippen LogP contribution in [0, 0.1) is 0 Å². The minimum Gasteiger partial charge on any atom is -0.375 e. The molecule has 1 rings (SSSR count). The predicted octanol–water partition coefficient (Wildman–Crippen LogP) is 0.634. The van der Waals surface area contributed by atoms with Crippen LogP contribution in [0.1, 0.15) is 26.5 Å². The lowest BCUT2D eigenvalue weighted by molar-refractivity contribution is -0.00515. The lowest BCUT2D eigenvalue weighted by Crippen LogP contribution is -2.40. The minimum absolute atomic E-state index is 0.122. The van der Waals surface area contributed by atoms with E-state index in [1.165, 1.54) is 12.3 Å². The zero-order valence-electron chi connectivity index (χ0n) is 11.5. The van der Waals surface area contributed by atoms with Crippen molar-refractivity contribution in [2.45, 2.75) is 37.8 Å². The standard InChI is InChI=1S/C12H21N3O3S/c1-4-18-12(2,3)9-15-19(16,17)11-6-5-10(7-13)14-8-11/h5-6,8,15H,4,7,9,13H2,1-3H3. The maximum absolute atomic E-state index is 12.0. The van der Waals surface area contributed by atoms with E-state index in [1.807, 2.05) is 20.8 Å². The van der Waals surface area contributed by atoms with Gasteiger partial charge in [0.25, 0.3) is 0 Å². The van der Waals surface area contributed by atoms with Crippen LogP contribution < -0.4 is 10.5 Å². The summed E-state index contributed by atoms with van der Waals surface area (Å²) in [7, 11) is -3.57. The Bertz CT molecular complexity index is 497. The molecule has 1 aromatic rings. The average Bonchev–Trinajstić information content (AvgIpc) is 2.37. The van der Waals surface area contributed by atoms with Crippen LogP contribution in [-0.4, -0.2) is 32.2 Å². The second kappa shape index (κ2) is 6.42. The summed E-state index contributed by atoms with van der Waals surface area (Å²) in [6.45, 7) is 6.53. The largest absolute Gasteiger partial charge is 0.375 e. The minimum atomic E-state index is -3.57. The third-order valence-electron chi connectivity index (χ3n) is 2.54. The van der Waals surface area contributed by atoms with E-state index in [2.05, 4.69) is 9.71 Å². The molecule has 0 bridgehead atoms. The quantitative estimate of drug-likeness (QED) is 0.767. The molecule has 0 fully saturated rings. The Kier molecular flexibility index (Phi) is 5.42. The summed E-state index contributed by atoms with van der Waals surface area (Å²) in [5.74, 6) is 0. The molecule has 1 aromatic heterocycles. The Morgan fingerprint density at radius 1 is 1.42 bits per heavy atom. The zero-order valence-corrected chi connectivity index (χ0v) is 12.3. The number of rotatable bonds is 7. The summed E-state index contributed by atoms with van der Waals surface area (Å²) < 4.78 is 32.0. The maximum atomic E-state index is 12.0. The number of pyridine rings is 1. The smallest absolute Gasteiger partial charge is 0.242 e. The summed E-state index contributed by atoms with van der Waals surface area (Å²) in [5.41, 5.74) is 5.51. The Morgan fingerprint density at radius 3 is 2.58 bits per heavy atom. The fourth-order valence-electron chi connectivity index (χ4n) is 1.48. The van der Waals surface area contributed by atoms with E-state index in [-0.39, 0.29) is 18.0 Å². The molecule has 1 heterocycles. The molecule has 3 N–H and O–H groups in total. The van der Waals surface area contributed by atoms with E-state index in [0.29, 0.717) is 12.3 Å². The molecule has 19 heavy (non-hydrogen) atoms. The van der Waals surface area contributed by atoms with Crippen molar-refractivity contribution in [3.63, 3.8) is 0 Å². The first-order valence-corrected chi connectivity index (χ1v) is 7.57. The van der Waals surface area contributed by atoms with Gasteiger partial charge in [0.2, 0.25) is 10.0 Å². The van der Waals surface area contributed by atoms with E-state index in [0.717, 1.165) is 0 Å². The molecule has 0 spiro atoms. The number of nitrogens with one attached hydrogen (secondary N) is 1. The summed E-state index contributed by atoms with van der Waals surface area (Å²) in [5, 5.41) is 0. The molecule has 7 heteroatoms. The van der Waals surface area contributed by atoms with Crippen molar-refractivity contribution in [1.82, 2.24) is 9.71 Å². The van der Waals surface area contributed by atoms with Crippen LogP contribution in [0.4, 0.5) is 0 Å². The number of aromatic nitrogens is 1. The third kappa shape index (κ3) is 4.87. The van der Waals surface area contributed by atoms with Crippen LogP contribution in [0.25, 0.3) is 0 Å². The molecular formula is C12H21N3O3S. The van der Waals surface area contributed by atoms with Crippen molar-refractivity contribution in [2.75, 3.05) is 13.2 Å². The van der Waals surface area contributed by atoms with Crippen molar-refractivity contribution < 1.29 is 13.2 Å². The van der Waals surface area contributed by atoms with Gasteiger partial charge < -0.3 is 10.5 Å². The van der Waals surface area contributed by atoms with Crippen LogP contribution in [-0.2, 0) is 21.3 Å². The molecule has 0 unspecified atom stereocenters. The first kappa shape index (κ1) is 16.0. The van der Waals surface area contributed by atoms with Gasteiger partial charge in [-0.2, -0.15) is 0 Å². The molecule has 0 radical (unpaired) electrons. The van der Waals surface area contributed by atoms with Crippen LogP contribution in [0.5, 0.6) is 0 Å². The van der Waals surface area contributed by atoms with Gasteiger partial charge in [0, 0.05) is 25.9 Å². The molecule has 0 aliphatic carbocycles. The zero-order chi connectivity index (χ0) is 14.5. The Hall–Kier alpha value is -1.02. The second-order valence-electron chi connectivity index (χ2n) is 4.71. The Labute approximate surface area is 114 Å². The van der Waals surface area contributed by atoms with Crippen molar-refractivity contribution in [3.8, 4) is 0 Å². The summed E-state index contributed by atoms with van der Waals surface area (Å²) >= 11 is 0. The fourth-order valence-corrected chi connectivity index (χ4v) is 2.63. The molecule has 0 amide bonds. The van der Waals surface area contributed by atoms with Crippen molar-refractivity contribution in [2.24, 2.45) is 5.73 Å². The SMILES string of the molecule is CCOC(C)(C)CNS(=O)(=O)c1ccc(CN)nc1. The monoisotopic (exact) mass is 287 g/mol. The average molecular weight is 287 g/mol. The van der Waals surface area contributed by atoms with Crippen LogP contribution in [0.3, 0.4) is 0 Å². The number of nitrogens with two attached hydrogens (primary N) is 1. The van der Waals surface area contributed by atoms with E-state index in [1.54, 1.807) is 6.07 Å². The van der Waals surface area contributed by atoms with E-state index in [4.69, 9.17) is 10.5 Å². The highest BCUT2D eigenvalue weighted by Gasteiger charge is 2.22. The number of ether oxygens (including phenoxy) is 1. The first-order valence-electron chi connectivity index (χ1n) is 6.09. The highest BCUT2D eigenvalue weighted by molar-refractivity contribution is 7.89. The van der Waals surface area contributed by atoms with Gasteiger partial charge in [0.1, 0.15) is 4.90 Å². The third-order valence-corrected chi connectivity index (χ3v) is 3.93. The van der Waals surface area contributed by atoms with Gasteiger partial charge in [0.15, 0.2) is 0 Å². The molecule has 0 aliphatic rings. The highest BCUT2D eigenvalue weighted by Crippen LogP contribution is 2.11. The van der Waals surface area contributed by atoms with Gasteiger partial charge in [-0.15, -0.1) is 0 Å². The van der Waals surface area contributed by atoms with Crippen LogP contribution in [0.15, 0.2) is 23.2 Å². The van der Waals surface area contributed by atoms with Gasteiger partial charge in [-0.25, -0.2) is 13.1 Å². The number of hydrogen-bond acceptors (Lipinski definition) is 5. The lowest BCUT2D eigenvalue weighted by Gasteiger charge is -2.24. The Balaban J connectivity index is 2.75. The molecule has 0 aliphatic heterocycles. The number of nitrogens with zero attached hydrogens (tertiary/aromatic N) is 1. The van der Waals surface area contributed by atoms with Gasteiger partial charge in [-0.1, -0.05) is 0 Å². The molecule has 0 aromatic carbocycles. The Morgan fingerprint density at radius 2 is 2.11 bits per heavy atom. The van der Waals surface area contributed by atoms with Gasteiger partial charge in [-0.3, -0.25) is 4.98 Å². The summed E-state index contributed by atoms with van der Waals surface area (Å²) in [4.78, 5) is 4.09.